The van der Waals surface area contributed by atoms with Gasteiger partial charge in [-0.3, -0.25) is 0 Å². The first-order valence-electron chi connectivity index (χ1n) is 6.84. The van der Waals surface area contributed by atoms with Crippen molar-refractivity contribution in [2.45, 2.75) is 32.7 Å². The van der Waals surface area contributed by atoms with Crippen LogP contribution < -0.4 is 5.32 Å². The molecule has 0 amide bonds. The summed E-state index contributed by atoms with van der Waals surface area (Å²) in [5, 5.41) is 4.89. The fraction of sp³-hybridized carbons (Fsp3) is 0.375. The molecular weight excluding hydrogens is 293 g/mol. The maximum atomic E-state index is 6.26. The SMILES string of the molecule is CCCNC(Cc1c(Cl)cccc1Cl)c1ccc(C)o1. The van der Waals surface area contributed by atoms with Crippen LogP contribution >= 0.6 is 23.2 Å². The van der Waals surface area contributed by atoms with E-state index in [1.54, 1.807) is 0 Å². The van der Waals surface area contributed by atoms with Crippen molar-refractivity contribution < 1.29 is 4.42 Å². The third-order valence-corrected chi connectivity index (χ3v) is 3.92. The van der Waals surface area contributed by atoms with Crippen LogP contribution in [0, 0.1) is 6.92 Å². The van der Waals surface area contributed by atoms with Gasteiger partial charge >= 0.3 is 0 Å². The topological polar surface area (TPSA) is 25.2 Å². The van der Waals surface area contributed by atoms with E-state index in [9.17, 15) is 0 Å². The summed E-state index contributed by atoms with van der Waals surface area (Å²) in [5.74, 6) is 1.83. The van der Waals surface area contributed by atoms with Gasteiger partial charge in [0, 0.05) is 10.0 Å². The third kappa shape index (κ3) is 3.78. The predicted octanol–water partition coefficient (Wildman–Crippen LogP) is 5.18. The van der Waals surface area contributed by atoms with Crippen molar-refractivity contribution in [2.24, 2.45) is 0 Å². The molecular formula is C16H19Cl2NO. The van der Waals surface area contributed by atoms with Gasteiger partial charge in [0.25, 0.3) is 0 Å². The first kappa shape index (κ1) is 15.4. The predicted molar refractivity (Wildman–Crippen MR) is 84.6 cm³/mol. The Balaban J connectivity index is 2.23. The summed E-state index contributed by atoms with van der Waals surface area (Å²) < 4.78 is 5.75. The molecule has 0 aliphatic carbocycles. The lowest BCUT2D eigenvalue weighted by Crippen LogP contribution is -2.24. The standard InChI is InChI=1S/C16H19Cl2NO/c1-3-9-19-15(16-8-7-11(2)20-16)10-12-13(17)5-4-6-14(12)18/h4-8,15,19H,3,9-10H2,1-2H3. The summed E-state index contributed by atoms with van der Waals surface area (Å²) in [4.78, 5) is 0. The summed E-state index contributed by atoms with van der Waals surface area (Å²) in [6.07, 6.45) is 1.78. The van der Waals surface area contributed by atoms with Crippen LogP contribution in [0.15, 0.2) is 34.7 Å². The summed E-state index contributed by atoms with van der Waals surface area (Å²) in [6.45, 7) is 5.01. The molecule has 0 bridgehead atoms. The number of furan rings is 1. The minimum atomic E-state index is 0.0843. The number of benzene rings is 1. The van der Waals surface area contributed by atoms with Crippen LogP contribution in [0.3, 0.4) is 0 Å². The molecule has 1 aromatic carbocycles. The molecule has 20 heavy (non-hydrogen) atoms. The van der Waals surface area contributed by atoms with Crippen molar-refractivity contribution in [1.82, 2.24) is 5.32 Å². The molecule has 1 unspecified atom stereocenters. The highest BCUT2D eigenvalue weighted by Crippen LogP contribution is 2.30. The Hall–Kier alpha value is -0.960. The Labute approximate surface area is 130 Å². The molecule has 4 heteroatoms. The molecule has 2 nitrogen and oxygen atoms in total. The van der Waals surface area contributed by atoms with Crippen LogP contribution in [0.1, 0.15) is 36.5 Å². The van der Waals surface area contributed by atoms with E-state index in [1.807, 2.05) is 37.3 Å². The molecule has 1 aromatic heterocycles. The molecule has 0 saturated carbocycles. The molecule has 0 spiro atoms. The van der Waals surface area contributed by atoms with Crippen LogP contribution in [-0.4, -0.2) is 6.54 Å². The lowest BCUT2D eigenvalue weighted by atomic mass is 10.0. The first-order valence-corrected chi connectivity index (χ1v) is 7.60. The van der Waals surface area contributed by atoms with Gasteiger partial charge in [0.1, 0.15) is 11.5 Å². The van der Waals surface area contributed by atoms with Crippen molar-refractivity contribution in [3.8, 4) is 0 Å². The van der Waals surface area contributed by atoms with Gasteiger partial charge in [0.15, 0.2) is 0 Å². The molecule has 0 fully saturated rings. The molecule has 0 saturated heterocycles. The van der Waals surface area contributed by atoms with E-state index in [-0.39, 0.29) is 6.04 Å². The zero-order chi connectivity index (χ0) is 14.5. The van der Waals surface area contributed by atoms with E-state index in [0.29, 0.717) is 16.5 Å². The number of hydrogen-bond donors (Lipinski definition) is 1. The van der Waals surface area contributed by atoms with E-state index in [2.05, 4.69) is 12.2 Å². The fourth-order valence-electron chi connectivity index (χ4n) is 2.16. The minimum Gasteiger partial charge on any atom is -0.465 e. The van der Waals surface area contributed by atoms with E-state index in [0.717, 1.165) is 30.0 Å². The van der Waals surface area contributed by atoms with Crippen LogP contribution in [0.4, 0.5) is 0 Å². The Kier molecular flexibility index (Phi) is 5.53. The Bertz CT molecular complexity index is 545. The number of halogens is 2. The van der Waals surface area contributed by atoms with Crippen molar-refractivity contribution in [1.29, 1.82) is 0 Å². The van der Waals surface area contributed by atoms with Gasteiger partial charge in [0.05, 0.1) is 6.04 Å². The Morgan fingerprint density at radius 2 is 1.85 bits per heavy atom. The molecule has 1 atom stereocenters. The summed E-state index contributed by atoms with van der Waals surface area (Å²) in [7, 11) is 0. The highest BCUT2D eigenvalue weighted by molar-refractivity contribution is 6.36. The fourth-order valence-corrected chi connectivity index (χ4v) is 2.72. The minimum absolute atomic E-state index is 0.0843. The lowest BCUT2D eigenvalue weighted by Gasteiger charge is -2.18. The van der Waals surface area contributed by atoms with Gasteiger partial charge in [-0.15, -0.1) is 0 Å². The van der Waals surface area contributed by atoms with Crippen LogP contribution in [0.5, 0.6) is 0 Å². The molecule has 0 aliphatic rings. The van der Waals surface area contributed by atoms with Crippen molar-refractivity contribution in [2.75, 3.05) is 6.54 Å². The highest BCUT2D eigenvalue weighted by atomic mass is 35.5. The van der Waals surface area contributed by atoms with Crippen molar-refractivity contribution in [3.05, 3.63) is 57.5 Å². The second kappa shape index (κ2) is 7.16. The average Bonchev–Trinajstić information content (AvgIpc) is 2.84. The number of hydrogen-bond acceptors (Lipinski definition) is 2. The summed E-state index contributed by atoms with van der Waals surface area (Å²) in [5.41, 5.74) is 0.957. The lowest BCUT2D eigenvalue weighted by molar-refractivity contribution is 0.398. The smallest absolute Gasteiger partial charge is 0.121 e. The van der Waals surface area contributed by atoms with E-state index < -0.39 is 0 Å². The normalized spacial score (nSPS) is 12.6. The van der Waals surface area contributed by atoms with Gasteiger partial charge in [-0.1, -0.05) is 36.2 Å². The molecule has 1 heterocycles. The average molecular weight is 312 g/mol. The van der Waals surface area contributed by atoms with Crippen molar-refractivity contribution >= 4 is 23.2 Å². The molecule has 1 N–H and O–H groups in total. The largest absolute Gasteiger partial charge is 0.465 e. The highest BCUT2D eigenvalue weighted by Gasteiger charge is 2.18. The molecule has 108 valence electrons. The van der Waals surface area contributed by atoms with Crippen LogP contribution in [-0.2, 0) is 6.42 Å². The number of rotatable bonds is 6. The third-order valence-electron chi connectivity index (χ3n) is 3.22. The second-order valence-electron chi connectivity index (χ2n) is 4.86. The van der Waals surface area contributed by atoms with E-state index >= 15 is 0 Å². The first-order chi connectivity index (χ1) is 9.61. The van der Waals surface area contributed by atoms with Gasteiger partial charge in [0.2, 0.25) is 0 Å². The maximum Gasteiger partial charge on any atom is 0.121 e. The summed E-state index contributed by atoms with van der Waals surface area (Å²) in [6, 6.07) is 9.66. The number of nitrogens with one attached hydrogen (secondary N) is 1. The number of aryl methyl sites for hydroxylation is 1. The van der Waals surface area contributed by atoms with Gasteiger partial charge < -0.3 is 9.73 Å². The van der Waals surface area contributed by atoms with Crippen LogP contribution in [0.2, 0.25) is 10.0 Å². The van der Waals surface area contributed by atoms with Gasteiger partial charge in [-0.05, 0) is 56.1 Å². The second-order valence-corrected chi connectivity index (χ2v) is 5.67. The Morgan fingerprint density at radius 1 is 1.15 bits per heavy atom. The molecule has 0 aliphatic heterocycles. The molecule has 2 rings (SSSR count). The van der Waals surface area contributed by atoms with Gasteiger partial charge in [-0.2, -0.15) is 0 Å². The van der Waals surface area contributed by atoms with Gasteiger partial charge in [-0.25, -0.2) is 0 Å². The molecule has 0 radical (unpaired) electrons. The monoisotopic (exact) mass is 311 g/mol. The zero-order valence-electron chi connectivity index (χ0n) is 11.7. The van der Waals surface area contributed by atoms with E-state index in [4.69, 9.17) is 27.6 Å². The molecule has 2 aromatic rings. The summed E-state index contributed by atoms with van der Waals surface area (Å²) >= 11 is 12.5. The quantitative estimate of drug-likeness (QED) is 0.795. The maximum absolute atomic E-state index is 6.26. The van der Waals surface area contributed by atoms with Crippen molar-refractivity contribution in [3.63, 3.8) is 0 Å². The van der Waals surface area contributed by atoms with Crippen LogP contribution in [0.25, 0.3) is 0 Å². The van der Waals surface area contributed by atoms with E-state index in [1.165, 1.54) is 0 Å². The Morgan fingerprint density at radius 3 is 2.40 bits per heavy atom. The zero-order valence-corrected chi connectivity index (χ0v) is 13.3.